The Hall–Kier alpha value is -1.85. The van der Waals surface area contributed by atoms with Crippen LogP contribution in [0.2, 0.25) is 0 Å². The number of nitrogens with zero attached hydrogens (tertiary/aromatic N) is 1. The highest BCUT2D eigenvalue weighted by atomic mass is 19.3. The monoisotopic (exact) mass is 283 g/mol. The number of nitrogens with one attached hydrogen (secondary N) is 2. The van der Waals surface area contributed by atoms with E-state index in [2.05, 4.69) is 20.4 Å². The summed E-state index contributed by atoms with van der Waals surface area (Å²) in [6.07, 6.45) is 3.06. The van der Waals surface area contributed by atoms with Gasteiger partial charge in [0.25, 0.3) is 0 Å². The summed E-state index contributed by atoms with van der Waals surface area (Å²) in [6.45, 7) is -0.219. The van der Waals surface area contributed by atoms with Gasteiger partial charge in [-0.25, -0.2) is 0 Å². The molecule has 2 N–H and O–H groups in total. The Kier molecular flexibility index (Phi) is 5.58. The third kappa shape index (κ3) is 5.03. The van der Waals surface area contributed by atoms with Crippen molar-refractivity contribution in [3.63, 3.8) is 0 Å². The Morgan fingerprint density at radius 3 is 2.80 bits per heavy atom. The molecule has 4 nitrogen and oxygen atoms in total. The molecule has 20 heavy (non-hydrogen) atoms. The molecule has 0 saturated heterocycles. The molecule has 1 aromatic rings. The van der Waals surface area contributed by atoms with E-state index in [9.17, 15) is 8.78 Å². The average Bonchev–Trinajstić information content (AvgIpc) is 2.69. The van der Waals surface area contributed by atoms with Crippen LogP contribution in [0.3, 0.4) is 0 Å². The summed E-state index contributed by atoms with van der Waals surface area (Å²) in [5, 5.41) is 6.48. The van der Waals surface area contributed by atoms with Gasteiger partial charge in [-0.3, -0.25) is 4.99 Å². The fourth-order valence-electron chi connectivity index (χ4n) is 1.97. The van der Waals surface area contributed by atoms with Crippen LogP contribution in [0.15, 0.2) is 29.3 Å². The minimum absolute atomic E-state index is 0.187. The third-order valence-electron chi connectivity index (χ3n) is 3.00. The molecule has 0 unspecified atom stereocenters. The van der Waals surface area contributed by atoms with Crippen LogP contribution in [0, 0.1) is 0 Å². The lowest BCUT2D eigenvalue weighted by molar-refractivity contribution is -0.0498. The van der Waals surface area contributed by atoms with E-state index < -0.39 is 6.61 Å². The molecule has 1 aliphatic heterocycles. The molecule has 1 aromatic carbocycles. The van der Waals surface area contributed by atoms with Gasteiger partial charge in [-0.05, 0) is 37.0 Å². The quantitative estimate of drug-likeness (QED) is 0.870. The minimum Gasteiger partial charge on any atom is -0.435 e. The number of halogens is 2. The van der Waals surface area contributed by atoms with Crippen molar-refractivity contribution in [2.45, 2.75) is 25.9 Å². The van der Waals surface area contributed by atoms with E-state index in [1.807, 2.05) is 0 Å². The second kappa shape index (κ2) is 7.67. The first kappa shape index (κ1) is 14.6. The maximum Gasteiger partial charge on any atom is 0.387 e. The highest BCUT2D eigenvalue weighted by Gasteiger charge is 2.04. The van der Waals surface area contributed by atoms with E-state index in [1.165, 1.54) is 0 Å². The Bertz CT molecular complexity index is 435. The smallest absolute Gasteiger partial charge is 0.387 e. The highest BCUT2D eigenvalue weighted by Crippen LogP contribution is 2.14. The van der Waals surface area contributed by atoms with Crippen molar-refractivity contribution in [1.29, 1.82) is 0 Å². The molecule has 1 aliphatic rings. The van der Waals surface area contributed by atoms with Gasteiger partial charge in [-0.1, -0.05) is 12.1 Å². The van der Waals surface area contributed by atoms with Crippen LogP contribution in [0.5, 0.6) is 5.75 Å². The molecule has 0 aromatic heterocycles. The average molecular weight is 283 g/mol. The molecular weight excluding hydrogens is 264 g/mol. The molecule has 0 saturated carbocycles. The number of ether oxygens (including phenoxy) is 1. The number of hydrogen-bond donors (Lipinski definition) is 2. The highest BCUT2D eigenvalue weighted by molar-refractivity contribution is 5.79. The predicted molar refractivity (Wildman–Crippen MR) is 74.3 cm³/mol. The first-order valence-electron chi connectivity index (χ1n) is 6.80. The predicted octanol–water partition coefficient (Wildman–Crippen LogP) is 2.16. The number of guanidine groups is 1. The molecule has 2 rings (SSSR count). The van der Waals surface area contributed by atoms with Crippen LogP contribution in [0.1, 0.15) is 18.4 Å². The maximum atomic E-state index is 12.0. The third-order valence-corrected chi connectivity index (χ3v) is 3.00. The van der Waals surface area contributed by atoms with Crippen molar-refractivity contribution < 1.29 is 13.5 Å². The van der Waals surface area contributed by atoms with Gasteiger partial charge in [-0.15, -0.1) is 0 Å². The van der Waals surface area contributed by atoms with Crippen molar-refractivity contribution in [2.75, 3.05) is 19.6 Å². The molecule has 1 heterocycles. The van der Waals surface area contributed by atoms with E-state index in [-0.39, 0.29) is 5.75 Å². The van der Waals surface area contributed by atoms with Crippen LogP contribution in [-0.2, 0) is 6.42 Å². The van der Waals surface area contributed by atoms with Crippen molar-refractivity contribution in [3.8, 4) is 5.75 Å². The number of aliphatic imine (C=N–C) groups is 1. The second-order valence-corrected chi connectivity index (χ2v) is 4.56. The van der Waals surface area contributed by atoms with Gasteiger partial charge in [-0.2, -0.15) is 8.78 Å². The summed E-state index contributed by atoms with van der Waals surface area (Å²) in [5.74, 6) is 1.03. The topological polar surface area (TPSA) is 45.6 Å². The molecule has 0 fully saturated rings. The zero-order chi connectivity index (χ0) is 14.2. The number of alkyl halides is 2. The lowest BCUT2D eigenvalue weighted by Gasteiger charge is -2.10. The lowest BCUT2D eigenvalue weighted by atomic mass is 10.1. The van der Waals surface area contributed by atoms with Gasteiger partial charge in [0.15, 0.2) is 5.96 Å². The van der Waals surface area contributed by atoms with E-state index in [0.717, 1.165) is 50.4 Å². The second-order valence-electron chi connectivity index (χ2n) is 4.56. The first-order valence-corrected chi connectivity index (χ1v) is 6.80. The molecule has 0 radical (unpaired) electrons. The van der Waals surface area contributed by atoms with Crippen LogP contribution in [-0.4, -0.2) is 32.2 Å². The SMILES string of the molecule is FC(F)Oc1ccc(CCNC2=NCCCCN2)cc1. The Balaban J connectivity index is 1.74. The van der Waals surface area contributed by atoms with Crippen LogP contribution in [0.4, 0.5) is 8.78 Å². The molecule has 0 bridgehead atoms. The summed E-state index contributed by atoms with van der Waals surface area (Å²) >= 11 is 0. The maximum absolute atomic E-state index is 12.0. The fraction of sp³-hybridized carbons (Fsp3) is 0.500. The molecule has 0 aliphatic carbocycles. The van der Waals surface area contributed by atoms with E-state index in [1.54, 1.807) is 24.3 Å². The van der Waals surface area contributed by atoms with Gasteiger partial charge < -0.3 is 15.4 Å². The Labute approximate surface area is 117 Å². The van der Waals surface area contributed by atoms with E-state index in [4.69, 9.17) is 0 Å². The summed E-state index contributed by atoms with van der Waals surface area (Å²) in [7, 11) is 0. The minimum atomic E-state index is -2.78. The van der Waals surface area contributed by atoms with Gasteiger partial charge in [0.2, 0.25) is 0 Å². The largest absolute Gasteiger partial charge is 0.435 e. The number of benzene rings is 1. The normalized spacial score (nSPS) is 15.2. The van der Waals surface area contributed by atoms with Crippen molar-refractivity contribution in [3.05, 3.63) is 29.8 Å². The Morgan fingerprint density at radius 1 is 1.25 bits per heavy atom. The van der Waals surface area contributed by atoms with Crippen LogP contribution < -0.4 is 15.4 Å². The van der Waals surface area contributed by atoms with Gasteiger partial charge in [0.05, 0.1) is 0 Å². The number of rotatable bonds is 5. The van der Waals surface area contributed by atoms with E-state index >= 15 is 0 Å². The van der Waals surface area contributed by atoms with Gasteiger partial charge in [0, 0.05) is 19.6 Å². The first-order chi connectivity index (χ1) is 9.74. The standard InChI is InChI=1S/C14H19F2N3O/c15-13(16)20-12-5-3-11(4-6-12)7-10-19-14-17-8-1-2-9-18-14/h3-6,13H,1-2,7-10H2,(H2,17,18,19). The van der Waals surface area contributed by atoms with Crippen molar-refractivity contribution in [1.82, 2.24) is 10.6 Å². The zero-order valence-electron chi connectivity index (χ0n) is 11.2. The molecule has 110 valence electrons. The summed E-state index contributed by atoms with van der Waals surface area (Å²) < 4.78 is 28.3. The van der Waals surface area contributed by atoms with Crippen LogP contribution in [0.25, 0.3) is 0 Å². The molecule has 6 heteroatoms. The molecule has 0 amide bonds. The summed E-state index contributed by atoms with van der Waals surface area (Å²) in [4.78, 5) is 4.39. The van der Waals surface area contributed by atoms with Gasteiger partial charge in [0.1, 0.15) is 5.75 Å². The number of hydrogen-bond acceptors (Lipinski definition) is 4. The fourth-order valence-corrected chi connectivity index (χ4v) is 1.97. The van der Waals surface area contributed by atoms with Crippen molar-refractivity contribution >= 4 is 5.96 Å². The van der Waals surface area contributed by atoms with Crippen molar-refractivity contribution in [2.24, 2.45) is 4.99 Å². The molecule has 0 atom stereocenters. The van der Waals surface area contributed by atoms with Gasteiger partial charge >= 0.3 is 6.61 Å². The molecular formula is C14H19F2N3O. The zero-order valence-corrected chi connectivity index (χ0v) is 11.2. The van der Waals surface area contributed by atoms with Crippen LogP contribution >= 0.6 is 0 Å². The molecule has 0 spiro atoms. The van der Waals surface area contributed by atoms with E-state index in [0.29, 0.717) is 0 Å². The lowest BCUT2D eigenvalue weighted by Crippen LogP contribution is -2.38. The Morgan fingerprint density at radius 2 is 2.05 bits per heavy atom. The summed E-state index contributed by atoms with van der Waals surface area (Å²) in [5.41, 5.74) is 1.06. The summed E-state index contributed by atoms with van der Waals surface area (Å²) in [6, 6.07) is 6.70.